The Morgan fingerprint density at radius 3 is 2.44 bits per heavy atom. The van der Waals surface area contributed by atoms with E-state index in [0.717, 1.165) is 27.9 Å². The Labute approximate surface area is 226 Å². The van der Waals surface area contributed by atoms with Crippen LogP contribution in [0.4, 0.5) is 11.4 Å². The Morgan fingerprint density at radius 2 is 1.79 bits per heavy atom. The zero-order valence-corrected chi connectivity index (χ0v) is 21.7. The molecule has 1 aromatic heterocycles. The maximum absolute atomic E-state index is 11.0. The molecule has 0 aliphatic heterocycles. The largest absolute Gasteiger partial charge is 0.487 e. The van der Waals surface area contributed by atoms with Gasteiger partial charge >= 0.3 is 5.97 Å². The molecule has 0 fully saturated rings. The summed E-state index contributed by atoms with van der Waals surface area (Å²) in [5.74, 6) is 0.454. The molecule has 2 N–H and O–H groups in total. The van der Waals surface area contributed by atoms with E-state index in [1.54, 1.807) is 12.1 Å². The second-order valence-corrected chi connectivity index (χ2v) is 8.71. The van der Waals surface area contributed by atoms with Gasteiger partial charge in [-0.15, -0.1) is 0 Å². The number of carbonyl (C=O) groups is 1. The summed E-state index contributed by atoms with van der Waals surface area (Å²) in [5, 5.41) is 20.5. The molecule has 1 heterocycles. The van der Waals surface area contributed by atoms with Crippen molar-refractivity contribution in [3.63, 3.8) is 0 Å². The molecule has 0 amide bonds. The predicted molar refractivity (Wildman–Crippen MR) is 148 cm³/mol. The Bertz CT molecular complexity index is 1470. The molecule has 4 rings (SSSR count). The Morgan fingerprint density at radius 1 is 1.08 bits per heavy atom. The van der Waals surface area contributed by atoms with Crippen LogP contribution in [-0.4, -0.2) is 35.7 Å². The second-order valence-electron chi connectivity index (χ2n) is 8.71. The van der Waals surface area contributed by atoms with E-state index in [9.17, 15) is 4.79 Å². The van der Waals surface area contributed by atoms with Crippen molar-refractivity contribution in [1.82, 2.24) is 5.16 Å². The van der Waals surface area contributed by atoms with Gasteiger partial charge in [0, 0.05) is 35.3 Å². The van der Waals surface area contributed by atoms with Crippen LogP contribution in [0.15, 0.2) is 82.5 Å². The van der Waals surface area contributed by atoms with Crippen LogP contribution >= 0.6 is 0 Å². The van der Waals surface area contributed by atoms with Crippen molar-refractivity contribution in [2.75, 3.05) is 19.0 Å². The third-order valence-electron chi connectivity index (χ3n) is 6.05. The standard InChI is InChI=1S/C30H28N4O5/c1-20-27(16-17-29(35)36)30(39-33-20)23-8-12-25(13-9-23)32-18-21-4-14-26(15-5-21)38-19-28(34-37-3)22-6-10-24(31-2)11-7-22/h4-15,32H,16-19H2,1,3H3,(H,35,36)/b34-28-. The number of ether oxygens (including phenoxy) is 1. The first kappa shape index (κ1) is 26.9. The summed E-state index contributed by atoms with van der Waals surface area (Å²) in [7, 11) is 1.48. The first-order chi connectivity index (χ1) is 19.0. The fraction of sp³-hybridized carbons (Fsp3) is 0.200. The summed E-state index contributed by atoms with van der Waals surface area (Å²) in [4.78, 5) is 19.3. The maximum atomic E-state index is 11.0. The fourth-order valence-electron chi connectivity index (χ4n) is 3.94. The van der Waals surface area contributed by atoms with Crippen molar-refractivity contribution in [3.8, 4) is 17.1 Å². The molecule has 198 valence electrons. The highest BCUT2D eigenvalue weighted by Crippen LogP contribution is 2.28. The maximum Gasteiger partial charge on any atom is 0.303 e. The lowest BCUT2D eigenvalue weighted by molar-refractivity contribution is -0.136. The van der Waals surface area contributed by atoms with Gasteiger partial charge in [-0.1, -0.05) is 46.7 Å². The van der Waals surface area contributed by atoms with Crippen LogP contribution in [0.2, 0.25) is 0 Å². The van der Waals surface area contributed by atoms with Crippen molar-refractivity contribution in [3.05, 3.63) is 107 Å². The van der Waals surface area contributed by atoms with Crippen molar-refractivity contribution in [1.29, 1.82) is 0 Å². The quantitative estimate of drug-likeness (QED) is 0.128. The molecule has 0 saturated carbocycles. The third kappa shape index (κ3) is 7.23. The second kappa shape index (κ2) is 12.9. The van der Waals surface area contributed by atoms with Gasteiger partial charge in [0.25, 0.3) is 0 Å². The molecule has 0 aliphatic rings. The first-order valence-electron chi connectivity index (χ1n) is 12.3. The smallest absolute Gasteiger partial charge is 0.303 e. The molecule has 0 saturated heterocycles. The number of carboxylic acid groups (broad SMARTS) is 1. The summed E-state index contributed by atoms with van der Waals surface area (Å²) < 4.78 is 11.4. The molecular formula is C30H28N4O5. The van der Waals surface area contributed by atoms with Crippen LogP contribution in [-0.2, 0) is 22.6 Å². The number of hydrogen-bond acceptors (Lipinski definition) is 7. The van der Waals surface area contributed by atoms with E-state index < -0.39 is 5.97 Å². The summed E-state index contributed by atoms with van der Waals surface area (Å²) in [6, 6.07) is 22.6. The van der Waals surface area contributed by atoms with Crippen molar-refractivity contribution in [2.45, 2.75) is 26.3 Å². The number of aryl methyl sites for hydroxylation is 1. The highest BCUT2D eigenvalue weighted by atomic mass is 16.6. The SMILES string of the molecule is [C-]#[N+]c1ccc(/C(COc2ccc(CNc3ccc(-c4onc(C)c4CCC(=O)O)cc3)cc2)=N\OC)cc1. The van der Waals surface area contributed by atoms with Crippen LogP contribution in [0.5, 0.6) is 5.75 Å². The highest BCUT2D eigenvalue weighted by molar-refractivity contribution is 6.01. The normalized spacial score (nSPS) is 11.1. The molecular weight excluding hydrogens is 496 g/mol. The molecule has 0 aliphatic carbocycles. The number of hydrogen-bond donors (Lipinski definition) is 2. The summed E-state index contributed by atoms with van der Waals surface area (Å²) in [6.07, 6.45) is 0.398. The van der Waals surface area contributed by atoms with Crippen LogP contribution in [0.3, 0.4) is 0 Å². The molecule has 0 atom stereocenters. The number of anilines is 1. The molecule has 4 aromatic rings. The van der Waals surface area contributed by atoms with Gasteiger partial charge in [0.15, 0.2) is 11.4 Å². The predicted octanol–water partition coefficient (Wildman–Crippen LogP) is 6.26. The van der Waals surface area contributed by atoms with E-state index in [1.165, 1.54) is 7.11 Å². The number of nitrogens with zero attached hydrogens (tertiary/aromatic N) is 3. The van der Waals surface area contributed by atoms with Gasteiger partial charge < -0.3 is 24.5 Å². The molecule has 9 heteroatoms. The summed E-state index contributed by atoms with van der Waals surface area (Å²) in [6.45, 7) is 9.74. The van der Waals surface area contributed by atoms with E-state index in [2.05, 4.69) is 20.5 Å². The molecule has 0 bridgehead atoms. The Balaban J connectivity index is 1.32. The average molecular weight is 525 g/mol. The van der Waals surface area contributed by atoms with Crippen molar-refractivity contribution in [2.24, 2.45) is 5.16 Å². The molecule has 0 unspecified atom stereocenters. The fourth-order valence-corrected chi connectivity index (χ4v) is 3.94. The number of nitrogens with one attached hydrogen (secondary N) is 1. The molecule has 0 spiro atoms. The summed E-state index contributed by atoms with van der Waals surface area (Å²) >= 11 is 0. The number of aliphatic carboxylic acids is 1. The van der Waals surface area contributed by atoms with Crippen molar-refractivity contribution >= 4 is 23.1 Å². The van der Waals surface area contributed by atoms with Gasteiger partial charge in [-0.25, -0.2) is 4.85 Å². The van der Waals surface area contributed by atoms with Crippen LogP contribution in [0.25, 0.3) is 16.2 Å². The van der Waals surface area contributed by atoms with Gasteiger partial charge in [0.05, 0.1) is 12.3 Å². The van der Waals surface area contributed by atoms with Gasteiger partial charge in [-0.05, 0) is 55.3 Å². The average Bonchev–Trinajstić information content (AvgIpc) is 3.34. The van der Waals surface area contributed by atoms with Crippen LogP contribution in [0.1, 0.15) is 28.8 Å². The van der Waals surface area contributed by atoms with E-state index in [-0.39, 0.29) is 13.0 Å². The molecule has 0 radical (unpaired) electrons. The van der Waals surface area contributed by atoms with E-state index >= 15 is 0 Å². The minimum absolute atomic E-state index is 0.0262. The zero-order chi connectivity index (χ0) is 27.6. The number of rotatable bonds is 12. The van der Waals surface area contributed by atoms with Crippen LogP contribution < -0.4 is 10.1 Å². The number of carboxylic acids is 1. The van der Waals surface area contributed by atoms with E-state index in [4.69, 9.17) is 25.8 Å². The van der Waals surface area contributed by atoms with Gasteiger partial charge in [0.2, 0.25) is 0 Å². The Kier molecular flexibility index (Phi) is 8.93. The zero-order valence-electron chi connectivity index (χ0n) is 21.7. The van der Waals surface area contributed by atoms with Gasteiger partial charge in [-0.3, -0.25) is 4.79 Å². The van der Waals surface area contributed by atoms with Crippen LogP contribution in [0, 0.1) is 13.5 Å². The third-order valence-corrected chi connectivity index (χ3v) is 6.05. The van der Waals surface area contributed by atoms with Gasteiger partial charge in [0.1, 0.15) is 25.2 Å². The van der Waals surface area contributed by atoms with Gasteiger partial charge in [-0.2, -0.15) is 0 Å². The van der Waals surface area contributed by atoms with Crippen molar-refractivity contribution < 1.29 is 24.0 Å². The minimum Gasteiger partial charge on any atom is -0.487 e. The minimum atomic E-state index is -0.852. The first-order valence-corrected chi connectivity index (χ1v) is 12.3. The summed E-state index contributed by atoms with van der Waals surface area (Å²) in [5.41, 5.74) is 6.40. The number of oxime groups is 1. The highest BCUT2D eigenvalue weighted by Gasteiger charge is 2.16. The Hall–Kier alpha value is -5.10. The van der Waals surface area contributed by atoms with E-state index in [1.807, 2.05) is 67.6 Å². The molecule has 3 aromatic carbocycles. The molecule has 39 heavy (non-hydrogen) atoms. The lowest BCUT2D eigenvalue weighted by Crippen LogP contribution is -2.13. The van der Waals surface area contributed by atoms with E-state index in [0.29, 0.717) is 41.6 Å². The number of benzene rings is 3. The molecule has 9 nitrogen and oxygen atoms in total. The monoisotopic (exact) mass is 524 g/mol. The topological polar surface area (TPSA) is 111 Å². The lowest BCUT2D eigenvalue weighted by atomic mass is 10.0. The number of aromatic nitrogens is 1. The lowest BCUT2D eigenvalue weighted by Gasteiger charge is -2.11.